The normalized spacial score (nSPS) is 10.5. The Hall–Kier alpha value is -3.56. The highest BCUT2D eigenvalue weighted by Crippen LogP contribution is 2.35. The number of aromatic hydroxyl groups is 1. The van der Waals surface area contributed by atoms with E-state index >= 15 is 0 Å². The highest BCUT2D eigenvalue weighted by atomic mass is 35.5. The van der Waals surface area contributed by atoms with Crippen molar-refractivity contribution in [2.45, 2.75) is 20.3 Å². The van der Waals surface area contributed by atoms with Crippen molar-refractivity contribution in [3.8, 4) is 16.3 Å². The van der Waals surface area contributed by atoms with Crippen molar-refractivity contribution < 1.29 is 19.4 Å². The molecule has 0 spiro atoms. The molecule has 0 fully saturated rings. The summed E-state index contributed by atoms with van der Waals surface area (Å²) in [5.74, 6) is -0.831. The molecule has 10 heteroatoms. The van der Waals surface area contributed by atoms with Crippen LogP contribution in [0.1, 0.15) is 29.1 Å². The van der Waals surface area contributed by atoms with Crippen LogP contribution in [0.5, 0.6) is 5.75 Å². The maximum Gasteiger partial charge on any atom is 0.413 e. The van der Waals surface area contributed by atoms with Crippen LogP contribution in [0.15, 0.2) is 54.9 Å². The molecule has 34 heavy (non-hydrogen) atoms. The first-order valence-electron chi connectivity index (χ1n) is 10.5. The van der Waals surface area contributed by atoms with Crippen molar-refractivity contribution in [1.29, 1.82) is 0 Å². The van der Waals surface area contributed by atoms with E-state index in [0.717, 1.165) is 22.8 Å². The van der Waals surface area contributed by atoms with Crippen LogP contribution in [0.3, 0.4) is 0 Å². The zero-order valence-corrected chi connectivity index (χ0v) is 20.6. The number of benzene rings is 1. The van der Waals surface area contributed by atoms with Crippen LogP contribution in [0, 0.1) is 0 Å². The third-order valence-electron chi connectivity index (χ3n) is 4.95. The van der Waals surface area contributed by atoms with Gasteiger partial charge in [-0.3, -0.25) is 14.1 Å². The highest BCUT2D eigenvalue weighted by molar-refractivity contribution is 7.17. The fourth-order valence-corrected chi connectivity index (χ4v) is 4.34. The first kappa shape index (κ1) is 25.1. The summed E-state index contributed by atoms with van der Waals surface area (Å²) in [5.41, 5.74) is 8.41. The number of imidazole rings is 1. The molecule has 0 aliphatic heterocycles. The van der Waals surface area contributed by atoms with E-state index in [-0.39, 0.29) is 10.6 Å². The smallest absolute Gasteiger partial charge is 0.413 e. The quantitative estimate of drug-likeness (QED) is 0.383. The van der Waals surface area contributed by atoms with E-state index in [1.807, 2.05) is 24.3 Å². The average Bonchev–Trinajstić information content (AvgIpc) is 3.42. The molecule has 4 rings (SSSR count). The van der Waals surface area contributed by atoms with Gasteiger partial charge in [0, 0.05) is 30.4 Å². The van der Waals surface area contributed by atoms with Crippen molar-refractivity contribution in [3.63, 3.8) is 0 Å². The van der Waals surface area contributed by atoms with Crippen LogP contribution in [0.4, 0.5) is 10.5 Å². The van der Waals surface area contributed by atoms with Gasteiger partial charge in [-0.25, -0.2) is 9.78 Å². The van der Waals surface area contributed by atoms with Crippen molar-refractivity contribution >= 4 is 46.3 Å². The summed E-state index contributed by atoms with van der Waals surface area (Å²) in [6, 6.07) is 12.9. The van der Waals surface area contributed by atoms with E-state index in [1.54, 1.807) is 42.9 Å². The van der Waals surface area contributed by atoms with Gasteiger partial charge in [0.25, 0.3) is 5.91 Å². The van der Waals surface area contributed by atoms with Crippen molar-refractivity contribution in [3.05, 3.63) is 70.3 Å². The molecular weight excluding hydrogens is 476 g/mol. The van der Waals surface area contributed by atoms with E-state index < -0.39 is 12.0 Å². The Morgan fingerprint density at radius 2 is 1.97 bits per heavy atom. The number of halogens is 1. The second-order valence-electron chi connectivity index (χ2n) is 7.15. The predicted molar refractivity (Wildman–Crippen MR) is 135 cm³/mol. The lowest BCUT2D eigenvalue weighted by Gasteiger charge is -2.16. The zero-order valence-electron chi connectivity index (χ0n) is 19.0. The number of carbonyl (C=O) groups is 2. The number of rotatable bonds is 5. The number of nitrogens with two attached hydrogens (primary N) is 1. The van der Waals surface area contributed by atoms with Gasteiger partial charge < -0.3 is 15.6 Å². The fraction of sp³-hybridized carbons (Fsp3) is 0.208. The number of hydrogen-bond donors (Lipinski definition) is 2. The number of carbonyl (C=O) groups excluding carboxylic acids is 2. The summed E-state index contributed by atoms with van der Waals surface area (Å²) in [4.78, 5) is 29.6. The Morgan fingerprint density at radius 3 is 2.56 bits per heavy atom. The third-order valence-corrected chi connectivity index (χ3v) is 6.48. The molecule has 0 unspecified atom stereocenters. The number of nitrogens with zero attached hydrogens (tertiary/aromatic N) is 3. The summed E-state index contributed by atoms with van der Waals surface area (Å²) in [6.07, 6.45) is 3.94. The number of aryl methyl sites for hydroxylation is 1. The van der Waals surface area contributed by atoms with Gasteiger partial charge in [0.05, 0.1) is 29.1 Å². The lowest BCUT2D eigenvalue weighted by atomic mass is 10.2. The Labute approximate surface area is 206 Å². The van der Waals surface area contributed by atoms with E-state index in [1.165, 1.54) is 16.5 Å². The van der Waals surface area contributed by atoms with Gasteiger partial charge in [0.1, 0.15) is 16.3 Å². The molecule has 3 N–H and O–H groups in total. The Balaban J connectivity index is 0.000000302. The SMILES string of the molecule is CCOC(=O)N(C)c1ccn2c(-c3cc(O)c(C(N)=O)s3)cnc2c1.CCc1ccccc1Cl. The summed E-state index contributed by atoms with van der Waals surface area (Å²) >= 11 is 6.92. The topological polar surface area (TPSA) is 110 Å². The molecule has 2 amide bonds. The summed E-state index contributed by atoms with van der Waals surface area (Å²) < 4.78 is 6.76. The molecule has 0 radical (unpaired) electrons. The molecule has 4 aromatic rings. The molecule has 0 bridgehead atoms. The molecule has 3 heterocycles. The van der Waals surface area contributed by atoms with E-state index in [0.29, 0.717) is 28.5 Å². The number of pyridine rings is 1. The number of hydrogen-bond acceptors (Lipinski definition) is 6. The number of ether oxygens (including phenoxy) is 1. The zero-order chi connectivity index (χ0) is 24.8. The third kappa shape index (κ3) is 5.49. The van der Waals surface area contributed by atoms with Crippen molar-refractivity contribution in [1.82, 2.24) is 9.38 Å². The molecular formula is C24H25ClN4O4S. The summed E-state index contributed by atoms with van der Waals surface area (Å²) in [6.45, 7) is 4.14. The van der Waals surface area contributed by atoms with Gasteiger partial charge in [0.15, 0.2) is 0 Å². The maximum atomic E-state index is 11.8. The number of thiophene rings is 1. The number of amides is 2. The molecule has 0 aliphatic carbocycles. The molecule has 1 aromatic carbocycles. The van der Waals surface area contributed by atoms with Crippen LogP contribution in [-0.2, 0) is 11.2 Å². The van der Waals surface area contributed by atoms with E-state index in [2.05, 4.69) is 11.9 Å². The van der Waals surface area contributed by atoms with Crippen molar-refractivity contribution in [2.75, 3.05) is 18.6 Å². The van der Waals surface area contributed by atoms with Crippen molar-refractivity contribution in [2.24, 2.45) is 5.73 Å². The minimum absolute atomic E-state index is 0.101. The lowest BCUT2D eigenvalue weighted by molar-refractivity contribution is 0.100. The van der Waals surface area contributed by atoms with E-state index in [9.17, 15) is 14.7 Å². The standard InChI is InChI=1S/C16H16N4O4S.C8H9Cl/c1-3-24-16(23)19(2)9-4-5-20-10(8-18-13(20)6-9)12-7-11(21)14(25-12)15(17)22;1-2-7-5-3-4-6-8(7)9/h4-8,21H,3H2,1-2H3,(H2,17,22);3-6H,2H2,1H3. The Morgan fingerprint density at radius 1 is 1.24 bits per heavy atom. The second-order valence-corrected chi connectivity index (χ2v) is 8.61. The molecule has 0 atom stereocenters. The number of anilines is 1. The Kier molecular flexibility index (Phi) is 8.14. The minimum atomic E-state index is -0.680. The minimum Gasteiger partial charge on any atom is -0.506 e. The summed E-state index contributed by atoms with van der Waals surface area (Å²) in [5, 5.41) is 10.7. The molecule has 3 aromatic heterocycles. The Bertz CT molecular complexity index is 1320. The maximum absolute atomic E-state index is 11.8. The van der Waals surface area contributed by atoms with Gasteiger partial charge in [-0.2, -0.15) is 0 Å². The monoisotopic (exact) mass is 500 g/mol. The molecule has 0 saturated heterocycles. The van der Waals surface area contributed by atoms with Crippen LogP contribution >= 0.6 is 22.9 Å². The van der Waals surface area contributed by atoms with Gasteiger partial charge in [-0.05, 0) is 31.0 Å². The number of primary amides is 1. The van der Waals surface area contributed by atoms with Crippen LogP contribution in [-0.4, -0.2) is 40.1 Å². The fourth-order valence-electron chi connectivity index (χ4n) is 3.16. The van der Waals surface area contributed by atoms with Crippen LogP contribution in [0.2, 0.25) is 5.02 Å². The molecule has 0 saturated carbocycles. The average molecular weight is 501 g/mol. The molecule has 8 nitrogen and oxygen atoms in total. The predicted octanol–water partition coefficient (Wildman–Crippen LogP) is 5.36. The number of fused-ring (bicyclic) bond motifs is 1. The molecule has 0 aliphatic rings. The van der Waals surface area contributed by atoms with Crippen LogP contribution < -0.4 is 10.6 Å². The molecule has 178 valence electrons. The van der Waals surface area contributed by atoms with Gasteiger partial charge in [-0.15, -0.1) is 11.3 Å². The largest absolute Gasteiger partial charge is 0.506 e. The van der Waals surface area contributed by atoms with Gasteiger partial charge in [0.2, 0.25) is 0 Å². The lowest BCUT2D eigenvalue weighted by Crippen LogP contribution is -2.27. The van der Waals surface area contributed by atoms with Crippen LogP contribution in [0.25, 0.3) is 16.2 Å². The van der Waals surface area contributed by atoms with E-state index in [4.69, 9.17) is 22.1 Å². The first-order valence-corrected chi connectivity index (χ1v) is 11.7. The van der Waals surface area contributed by atoms with Gasteiger partial charge >= 0.3 is 6.09 Å². The highest BCUT2D eigenvalue weighted by Gasteiger charge is 2.18. The first-order chi connectivity index (χ1) is 16.3. The number of aromatic nitrogens is 2. The van der Waals surface area contributed by atoms with Gasteiger partial charge in [-0.1, -0.05) is 36.7 Å². The second kappa shape index (κ2) is 11.0. The summed E-state index contributed by atoms with van der Waals surface area (Å²) in [7, 11) is 1.62.